The van der Waals surface area contributed by atoms with Crippen LogP contribution in [0.5, 0.6) is 0 Å². The lowest BCUT2D eigenvalue weighted by molar-refractivity contribution is 0.890. The molecule has 0 saturated carbocycles. The second kappa shape index (κ2) is 7.05. The molecule has 25 heavy (non-hydrogen) atoms. The minimum absolute atomic E-state index is 0.0812. The van der Waals surface area contributed by atoms with Crippen LogP contribution in [0.25, 0.3) is 5.69 Å². The van der Waals surface area contributed by atoms with Crippen molar-refractivity contribution in [1.82, 2.24) is 19.7 Å². The summed E-state index contributed by atoms with van der Waals surface area (Å²) in [5.74, 6) is -0.0812. The van der Waals surface area contributed by atoms with E-state index in [0.717, 1.165) is 22.6 Å². The van der Waals surface area contributed by atoms with E-state index in [-0.39, 0.29) is 5.82 Å². The van der Waals surface area contributed by atoms with E-state index in [1.807, 2.05) is 19.9 Å². The number of nitrogens with zero attached hydrogens (tertiary/aromatic N) is 3. The molecule has 0 amide bonds. The van der Waals surface area contributed by atoms with Crippen LogP contribution in [0, 0.1) is 17.4 Å². The van der Waals surface area contributed by atoms with Crippen LogP contribution in [-0.4, -0.2) is 26.0 Å². The lowest BCUT2D eigenvalue weighted by Crippen LogP contribution is -2.25. The Balaban J connectivity index is 1.86. The van der Waals surface area contributed by atoms with Gasteiger partial charge >= 0.3 is 5.69 Å². The predicted molar refractivity (Wildman–Crippen MR) is 105 cm³/mol. The molecule has 0 aliphatic rings. The topological polar surface area (TPSA) is 108 Å². The van der Waals surface area contributed by atoms with Gasteiger partial charge in [-0.25, -0.2) is 9.89 Å². The number of rotatable bonds is 4. The number of hydrogen-bond donors (Lipinski definition) is 3. The Morgan fingerprint density at radius 3 is 2.64 bits per heavy atom. The van der Waals surface area contributed by atoms with E-state index in [1.54, 1.807) is 6.21 Å². The van der Waals surface area contributed by atoms with Crippen molar-refractivity contribution in [2.24, 2.45) is 5.10 Å². The van der Waals surface area contributed by atoms with Crippen molar-refractivity contribution in [1.29, 1.82) is 0 Å². The van der Waals surface area contributed by atoms with Crippen LogP contribution in [-0.2, 0) is 0 Å². The zero-order valence-corrected chi connectivity index (χ0v) is 15.7. The molecule has 8 nitrogen and oxygen atoms in total. The van der Waals surface area contributed by atoms with Crippen molar-refractivity contribution < 1.29 is 0 Å². The maximum Gasteiger partial charge on any atom is 0.342 e. The number of anilines is 1. The summed E-state index contributed by atoms with van der Waals surface area (Å²) in [6.45, 7) is 4.02. The van der Waals surface area contributed by atoms with Crippen LogP contribution in [0.3, 0.4) is 0 Å². The average molecular weight is 450 g/mol. The zero-order chi connectivity index (χ0) is 18.0. The standard InChI is InChI=1S/C16H15IN6O2/c1-9-7-11(8-18-20-14-15(24)19-16(25)22-21-14)10(2)23(9)13-5-3-12(17)4-6-13/h3-8H,1-2H3,(H,20,21)(H2,19,22,24,25). The van der Waals surface area contributed by atoms with Crippen molar-refractivity contribution in [3.05, 3.63) is 71.7 Å². The van der Waals surface area contributed by atoms with Crippen molar-refractivity contribution >= 4 is 34.6 Å². The molecule has 0 aliphatic heterocycles. The van der Waals surface area contributed by atoms with E-state index in [0.29, 0.717) is 0 Å². The summed E-state index contributed by atoms with van der Waals surface area (Å²) < 4.78 is 3.30. The first kappa shape index (κ1) is 17.1. The van der Waals surface area contributed by atoms with Gasteiger partial charge in [0, 0.05) is 26.2 Å². The second-order valence-corrected chi connectivity index (χ2v) is 6.61. The van der Waals surface area contributed by atoms with E-state index in [1.165, 1.54) is 3.57 Å². The van der Waals surface area contributed by atoms with Gasteiger partial charge in [-0.1, -0.05) is 0 Å². The molecule has 3 aromatic rings. The second-order valence-electron chi connectivity index (χ2n) is 5.36. The van der Waals surface area contributed by atoms with Crippen LogP contribution in [0.2, 0.25) is 0 Å². The van der Waals surface area contributed by atoms with Gasteiger partial charge in [0.25, 0.3) is 5.56 Å². The Morgan fingerprint density at radius 2 is 1.96 bits per heavy atom. The largest absolute Gasteiger partial charge is 0.342 e. The molecule has 3 N–H and O–H groups in total. The van der Waals surface area contributed by atoms with Gasteiger partial charge < -0.3 is 4.57 Å². The van der Waals surface area contributed by atoms with Crippen LogP contribution in [0.15, 0.2) is 45.0 Å². The summed E-state index contributed by atoms with van der Waals surface area (Å²) in [5.41, 5.74) is 5.29. The molecule has 0 fully saturated rings. The number of aromatic amines is 2. The van der Waals surface area contributed by atoms with Gasteiger partial charge in [0.15, 0.2) is 0 Å². The lowest BCUT2D eigenvalue weighted by Gasteiger charge is -2.09. The number of hydrazone groups is 1. The van der Waals surface area contributed by atoms with E-state index in [2.05, 4.69) is 77.1 Å². The highest BCUT2D eigenvalue weighted by Gasteiger charge is 2.09. The minimum atomic E-state index is -0.666. The summed E-state index contributed by atoms with van der Waals surface area (Å²) >= 11 is 2.27. The Morgan fingerprint density at radius 1 is 1.24 bits per heavy atom. The molecular weight excluding hydrogens is 435 g/mol. The van der Waals surface area contributed by atoms with Crippen molar-refractivity contribution in [3.63, 3.8) is 0 Å². The average Bonchev–Trinajstić information content (AvgIpc) is 2.85. The number of hydrogen-bond acceptors (Lipinski definition) is 5. The summed E-state index contributed by atoms with van der Waals surface area (Å²) in [6.07, 6.45) is 1.61. The van der Waals surface area contributed by atoms with Gasteiger partial charge in [0.1, 0.15) is 0 Å². The van der Waals surface area contributed by atoms with Crippen LogP contribution < -0.4 is 16.7 Å². The first-order valence-corrected chi connectivity index (χ1v) is 8.46. The summed E-state index contributed by atoms with van der Waals surface area (Å²) in [6, 6.07) is 10.2. The monoisotopic (exact) mass is 450 g/mol. The first-order valence-electron chi connectivity index (χ1n) is 7.38. The molecular formula is C16H15IN6O2. The molecule has 3 rings (SSSR count). The first-order chi connectivity index (χ1) is 12.0. The van der Waals surface area contributed by atoms with E-state index in [4.69, 9.17) is 0 Å². The maximum atomic E-state index is 11.5. The van der Waals surface area contributed by atoms with Crippen LogP contribution in [0.1, 0.15) is 17.0 Å². The summed E-state index contributed by atoms with van der Waals surface area (Å²) in [4.78, 5) is 24.5. The fraction of sp³-hybridized carbons (Fsp3) is 0.125. The van der Waals surface area contributed by atoms with Crippen molar-refractivity contribution in [3.8, 4) is 5.69 Å². The Bertz CT molecular complexity index is 1050. The molecule has 9 heteroatoms. The van der Waals surface area contributed by atoms with Gasteiger partial charge in [0.05, 0.1) is 6.21 Å². The lowest BCUT2D eigenvalue weighted by atomic mass is 10.2. The number of halogens is 1. The smallest absolute Gasteiger partial charge is 0.318 e. The predicted octanol–water partition coefficient (Wildman–Crippen LogP) is 1.92. The van der Waals surface area contributed by atoms with E-state index >= 15 is 0 Å². The third-order valence-corrected chi connectivity index (χ3v) is 4.36. The van der Waals surface area contributed by atoms with Gasteiger partial charge in [-0.3, -0.25) is 15.2 Å². The molecule has 0 bridgehead atoms. The third-order valence-electron chi connectivity index (χ3n) is 3.64. The summed E-state index contributed by atoms with van der Waals surface area (Å²) in [5, 5.41) is 9.77. The van der Waals surface area contributed by atoms with Crippen LogP contribution >= 0.6 is 22.6 Å². The molecule has 0 unspecified atom stereocenters. The zero-order valence-electron chi connectivity index (χ0n) is 13.5. The molecule has 0 radical (unpaired) electrons. The van der Waals surface area contributed by atoms with Gasteiger partial charge in [-0.2, -0.15) is 5.10 Å². The van der Waals surface area contributed by atoms with E-state index in [9.17, 15) is 9.59 Å². The van der Waals surface area contributed by atoms with Crippen molar-refractivity contribution in [2.75, 3.05) is 5.43 Å². The normalized spacial score (nSPS) is 11.2. The molecule has 2 aromatic heterocycles. The highest BCUT2D eigenvalue weighted by molar-refractivity contribution is 14.1. The fourth-order valence-electron chi connectivity index (χ4n) is 2.49. The van der Waals surface area contributed by atoms with Gasteiger partial charge in [-0.15, -0.1) is 5.10 Å². The van der Waals surface area contributed by atoms with E-state index < -0.39 is 11.2 Å². The number of nitrogens with one attached hydrogen (secondary N) is 3. The van der Waals surface area contributed by atoms with Gasteiger partial charge in [-0.05, 0) is 66.8 Å². The van der Waals surface area contributed by atoms with Crippen LogP contribution in [0.4, 0.5) is 5.82 Å². The highest BCUT2D eigenvalue weighted by Crippen LogP contribution is 2.20. The Kier molecular flexibility index (Phi) is 4.83. The number of benzene rings is 1. The summed E-state index contributed by atoms with van der Waals surface area (Å²) in [7, 11) is 0. The minimum Gasteiger partial charge on any atom is -0.318 e. The molecule has 0 aliphatic carbocycles. The quantitative estimate of drug-likeness (QED) is 0.321. The number of H-pyrrole nitrogens is 2. The maximum absolute atomic E-state index is 11.5. The highest BCUT2D eigenvalue weighted by atomic mass is 127. The molecule has 0 spiro atoms. The fourth-order valence-corrected chi connectivity index (χ4v) is 2.85. The molecule has 128 valence electrons. The molecule has 1 aromatic carbocycles. The Labute approximate surface area is 156 Å². The number of aryl methyl sites for hydroxylation is 1. The number of aromatic nitrogens is 4. The SMILES string of the molecule is Cc1cc(C=NNc2n[nH]c(=O)[nH]c2=O)c(C)n1-c1ccc(I)cc1. The third kappa shape index (κ3) is 3.71. The molecule has 0 atom stereocenters. The Hall–Kier alpha value is -2.69. The van der Waals surface area contributed by atoms with Gasteiger partial charge in [0.2, 0.25) is 5.82 Å². The van der Waals surface area contributed by atoms with Crippen molar-refractivity contribution in [2.45, 2.75) is 13.8 Å². The molecule has 2 heterocycles. The molecule has 0 saturated heterocycles.